The first-order valence-electron chi connectivity index (χ1n) is 5.58. The second-order valence-corrected chi connectivity index (χ2v) is 3.82. The zero-order valence-corrected chi connectivity index (χ0v) is 10.5. The summed E-state index contributed by atoms with van der Waals surface area (Å²) >= 11 is 0. The fraction of sp³-hybridized carbons (Fsp3) is 0. The van der Waals surface area contributed by atoms with Crippen molar-refractivity contribution in [3.8, 4) is 0 Å². The van der Waals surface area contributed by atoms with Crippen molar-refractivity contribution >= 4 is 23.3 Å². The van der Waals surface area contributed by atoms with Crippen LogP contribution >= 0.6 is 0 Å². The van der Waals surface area contributed by atoms with Crippen molar-refractivity contribution < 1.29 is 19.8 Å². The number of para-hydroxylation sites is 2. The van der Waals surface area contributed by atoms with E-state index >= 15 is 0 Å². The van der Waals surface area contributed by atoms with Gasteiger partial charge >= 0.3 is 11.9 Å². The molecule has 0 saturated carbocycles. The van der Waals surface area contributed by atoms with Gasteiger partial charge in [0.1, 0.15) is 0 Å². The molecule has 0 atom stereocenters. The highest BCUT2D eigenvalue weighted by Crippen LogP contribution is 2.10. The minimum absolute atomic E-state index is 0.0186. The summed E-state index contributed by atoms with van der Waals surface area (Å²) in [5.74, 6) is -2.25. The van der Waals surface area contributed by atoms with Crippen molar-refractivity contribution in [3.63, 3.8) is 0 Å². The largest absolute Gasteiger partial charge is 0.478 e. The Bertz CT molecular complexity index is 576. The molecule has 0 fully saturated rings. The fourth-order valence-electron chi connectivity index (χ4n) is 1.30. The smallest absolute Gasteiger partial charge is 0.335 e. The maximum absolute atomic E-state index is 10.4. The molecule has 2 aromatic rings. The first-order chi connectivity index (χ1) is 9.41. The number of nitrogen functional groups attached to an aromatic ring is 2. The van der Waals surface area contributed by atoms with Crippen LogP contribution in [0.3, 0.4) is 0 Å². The molecule has 0 aliphatic heterocycles. The van der Waals surface area contributed by atoms with Gasteiger partial charge in [0.2, 0.25) is 0 Å². The molecular formula is C14H14N2O4. The van der Waals surface area contributed by atoms with Gasteiger partial charge in [-0.05, 0) is 30.3 Å². The van der Waals surface area contributed by atoms with Crippen molar-refractivity contribution in [1.82, 2.24) is 0 Å². The number of nitrogens with two attached hydrogens (primary N) is 2. The minimum Gasteiger partial charge on any atom is -0.478 e. The van der Waals surface area contributed by atoms with E-state index in [9.17, 15) is 9.59 Å². The number of carboxylic acids is 2. The molecule has 0 aliphatic rings. The maximum Gasteiger partial charge on any atom is 0.335 e. The molecule has 0 bridgehead atoms. The van der Waals surface area contributed by atoms with Crippen molar-refractivity contribution in [1.29, 1.82) is 0 Å². The summed E-state index contributed by atoms with van der Waals surface area (Å²) in [7, 11) is 0. The number of rotatable bonds is 2. The van der Waals surface area contributed by atoms with E-state index < -0.39 is 11.9 Å². The van der Waals surface area contributed by atoms with Crippen molar-refractivity contribution in [2.45, 2.75) is 0 Å². The number of anilines is 2. The third-order valence-corrected chi connectivity index (χ3v) is 2.35. The van der Waals surface area contributed by atoms with Crippen molar-refractivity contribution in [3.05, 3.63) is 59.7 Å². The van der Waals surface area contributed by atoms with E-state index in [1.54, 1.807) is 12.1 Å². The van der Waals surface area contributed by atoms with Crippen molar-refractivity contribution in [2.24, 2.45) is 0 Å². The van der Waals surface area contributed by atoms with Crippen LogP contribution in [0, 0.1) is 0 Å². The number of carbonyl (C=O) groups is 2. The second kappa shape index (κ2) is 6.79. The molecule has 6 heteroatoms. The Hall–Kier alpha value is -3.02. The van der Waals surface area contributed by atoms with Crippen LogP contribution in [0.2, 0.25) is 0 Å². The van der Waals surface area contributed by atoms with E-state index in [1.807, 2.05) is 12.1 Å². The van der Waals surface area contributed by atoms with Gasteiger partial charge in [0, 0.05) is 0 Å². The van der Waals surface area contributed by atoms with Crippen LogP contribution in [-0.4, -0.2) is 22.2 Å². The predicted molar refractivity (Wildman–Crippen MR) is 75.6 cm³/mol. The first-order valence-corrected chi connectivity index (χ1v) is 5.58. The van der Waals surface area contributed by atoms with Gasteiger partial charge in [0.15, 0.2) is 0 Å². The fourth-order valence-corrected chi connectivity index (χ4v) is 1.30. The normalized spacial score (nSPS) is 9.20. The zero-order chi connectivity index (χ0) is 15.1. The molecule has 0 radical (unpaired) electrons. The van der Waals surface area contributed by atoms with Gasteiger partial charge in [0.25, 0.3) is 0 Å². The van der Waals surface area contributed by atoms with E-state index in [2.05, 4.69) is 0 Å². The standard InChI is InChI=1S/C8H6O4.C6H8N2/c9-7(10)5-2-1-3-6(4-5)8(11)12;7-5-3-1-2-4-6(5)8/h1-4H,(H,9,10)(H,11,12);1-4H,7-8H2. The van der Waals surface area contributed by atoms with Crippen LogP contribution in [0.5, 0.6) is 0 Å². The van der Waals surface area contributed by atoms with Gasteiger partial charge < -0.3 is 21.7 Å². The Morgan fingerprint density at radius 1 is 0.750 bits per heavy atom. The lowest BCUT2D eigenvalue weighted by atomic mass is 10.1. The van der Waals surface area contributed by atoms with E-state index in [1.165, 1.54) is 18.2 Å². The highest BCUT2D eigenvalue weighted by molar-refractivity contribution is 5.93. The molecule has 0 unspecified atom stereocenters. The highest BCUT2D eigenvalue weighted by atomic mass is 16.4. The van der Waals surface area contributed by atoms with Crippen molar-refractivity contribution in [2.75, 3.05) is 11.5 Å². The number of aromatic carboxylic acids is 2. The summed E-state index contributed by atoms with van der Waals surface area (Å²) in [5, 5.41) is 17.0. The van der Waals surface area contributed by atoms with Gasteiger partial charge in [-0.3, -0.25) is 0 Å². The molecule has 20 heavy (non-hydrogen) atoms. The maximum atomic E-state index is 10.4. The van der Waals surface area contributed by atoms with Gasteiger partial charge in [-0.2, -0.15) is 0 Å². The van der Waals surface area contributed by atoms with E-state index in [0.29, 0.717) is 11.4 Å². The second-order valence-electron chi connectivity index (χ2n) is 3.82. The molecule has 0 aromatic heterocycles. The molecule has 6 N–H and O–H groups in total. The quantitative estimate of drug-likeness (QED) is 0.620. The predicted octanol–water partition coefficient (Wildman–Crippen LogP) is 1.93. The Morgan fingerprint density at radius 3 is 1.45 bits per heavy atom. The average molecular weight is 274 g/mol. The zero-order valence-electron chi connectivity index (χ0n) is 10.5. The molecule has 2 aromatic carbocycles. The molecule has 6 nitrogen and oxygen atoms in total. The highest BCUT2D eigenvalue weighted by Gasteiger charge is 2.06. The lowest BCUT2D eigenvalue weighted by Crippen LogP contribution is -2.01. The summed E-state index contributed by atoms with van der Waals surface area (Å²) < 4.78 is 0. The average Bonchev–Trinajstić information content (AvgIpc) is 2.43. The molecule has 2 rings (SSSR count). The molecule has 0 heterocycles. The number of hydrogen-bond donors (Lipinski definition) is 4. The molecule has 104 valence electrons. The number of benzene rings is 2. The Morgan fingerprint density at radius 2 is 1.15 bits per heavy atom. The minimum atomic E-state index is -1.13. The molecular weight excluding hydrogens is 260 g/mol. The Kier molecular flexibility index (Phi) is 5.11. The van der Waals surface area contributed by atoms with Crippen LogP contribution in [0.25, 0.3) is 0 Å². The van der Waals surface area contributed by atoms with Gasteiger partial charge in [0.05, 0.1) is 22.5 Å². The number of hydrogen-bond acceptors (Lipinski definition) is 4. The third kappa shape index (κ3) is 4.34. The summed E-state index contributed by atoms with van der Waals surface area (Å²) in [4.78, 5) is 20.8. The Labute approximate surface area is 115 Å². The Balaban J connectivity index is 0.000000217. The van der Waals surface area contributed by atoms with Crippen LogP contribution in [0.15, 0.2) is 48.5 Å². The van der Waals surface area contributed by atoms with E-state index in [0.717, 1.165) is 6.07 Å². The lowest BCUT2D eigenvalue weighted by molar-refractivity contribution is 0.0696. The lowest BCUT2D eigenvalue weighted by Gasteiger charge is -1.95. The monoisotopic (exact) mass is 274 g/mol. The van der Waals surface area contributed by atoms with E-state index in [-0.39, 0.29) is 11.1 Å². The van der Waals surface area contributed by atoms with Crippen LogP contribution in [0.1, 0.15) is 20.7 Å². The first kappa shape index (κ1) is 15.0. The van der Waals surface area contributed by atoms with Crippen LogP contribution in [0.4, 0.5) is 11.4 Å². The summed E-state index contributed by atoms with van der Waals surface area (Å²) in [6.07, 6.45) is 0. The van der Waals surface area contributed by atoms with Crippen LogP contribution in [-0.2, 0) is 0 Å². The third-order valence-electron chi connectivity index (χ3n) is 2.35. The molecule has 0 saturated heterocycles. The topological polar surface area (TPSA) is 127 Å². The SMILES string of the molecule is Nc1ccccc1N.O=C(O)c1cccc(C(=O)O)c1. The molecule has 0 spiro atoms. The summed E-state index contributed by atoms with van der Waals surface area (Å²) in [6, 6.07) is 12.4. The van der Waals surface area contributed by atoms with Gasteiger partial charge in [-0.15, -0.1) is 0 Å². The van der Waals surface area contributed by atoms with E-state index in [4.69, 9.17) is 21.7 Å². The molecule has 0 amide bonds. The van der Waals surface area contributed by atoms with Gasteiger partial charge in [-0.1, -0.05) is 18.2 Å². The van der Waals surface area contributed by atoms with Gasteiger partial charge in [-0.25, -0.2) is 9.59 Å². The van der Waals surface area contributed by atoms with Crippen LogP contribution < -0.4 is 11.5 Å². The number of carboxylic acid groups (broad SMARTS) is 2. The summed E-state index contributed by atoms with van der Waals surface area (Å²) in [5.41, 5.74) is 12.0. The summed E-state index contributed by atoms with van der Waals surface area (Å²) in [6.45, 7) is 0. The molecule has 0 aliphatic carbocycles.